The molecule has 5 heteroatoms. The fraction of sp³-hybridized carbons (Fsp3) is 0.462. The Kier molecular flexibility index (Phi) is 3.32. The summed E-state index contributed by atoms with van der Waals surface area (Å²) in [5.74, 6) is -1.43. The van der Waals surface area contributed by atoms with Gasteiger partial charge in [0.05, 0.1) is 11.7 Å². The van der Waals surface area contributed by atoms with Crippen LogP contribution in [0.15, 0.2) is 24.4 Å². The van der Waals surface area contributed by atoms with Gasteiger partial charge < -0.3 is 10.4 Å². The predicted molar refractivity (Wildman–Crippen MR) is 64.7 cm³/mol. The van der Waals surface area contributed by atoms with E-state index in [-0.39, 0.29) is 6.04 Å². The maximum atomic E-state index is 12.1. The van der Waals surface area contributed by atoms with E-state index in [4.69, 9.17) is 5.11 Å². The highest BCUT2D eigenvalue weighted by Gasteiger charge is 2.51. The molecule has 0 aromatic carbocycles. The van der Waals surface area contributed by atoms with Crippen molar-refractivity contribution in [1.29, 1.82) is 0 Å². The van der Waals surface area contributed by atoms with E-state index in [1.807, 2.05) is 6.07 Å². The van der Waals surface area contributed by atoms with E-state index in [0.717, 1.165) is 12.1 Å². The molecular formula is C13H16N2O3. The van der Waals surface area contributed by atoms with Crippen molar-refractivity contribution in [2.24, 2.45) is 5.41 Å². The van der Waals surface area contributed by atoms with Crippen molar-refractivity contribution in [3.8, 4) is 0 Å². The van der Waals surface area contributed by atoms with E-state index in [1.165, 1.54) is 0 Å². The molecule has 2 rings (SSSR count). The fourth-order valence-corrected chi connectivity index (χ4v) is 2.11. The van der Waals surface area contributed by atoms with E-state index in [2.05, 4.69) is 10.3 Å². The number of carboxylic acids is 1. The van der Waals surface area contributed by atoms with Gasteiger partial charge in [0.15, 0.2) is 0 Å². The molecule has 96 valence electrons. The Morgan fingerprint density at radius 3 is 2.61 bits per heavy atom. The zero-order valence-electron chi connectivity index (χ0n) is 10.2. The minimum Gasteiger partial charge on any atom is -0.480 e. The van der Waals surface area contributed by atoms with Crippen LogP contribution >= 0.6 is 0 Å². The van der Waals surface area contributed by atoms with Crippen molar-refractivity contribution in [3.05, 3.63) is 30.1 Å². The Morgan fingerprint density at radius 1 is 1.44 bits per heavy atom. The second-order valence-electron chi connectivity index (χ2n) is 4.69. The molecule has 0 spiro atoms. The van der Waals surface area contributed by atoms with Crippen LogP contribution in [0.1, 0.15) is 37.9 Å². The van der Waals surface area contributed by atoms with Crippen LogP contribution < -0.4 is 5.32 Å². The van der Waals surface area contributed by atoms with Crippen molar-refractivity contribution in [1.82, 2.24) is 10.3 Å². The second kappa shape index (κ2) is 4.76. The summed E-state index contributed by atoms with van der Waals surface area (Å²) in [5.41, 5.74) is -0.492. The van der Waals surface area contributed by atoms with Crippen molar-refractivity contribution in [2.45, 2.75) is 32.2 Å². The molecule has 0 radical (unpaired) electrons. The number of carbonyl (C=O) groups excluding carboxylic acids is 1. The topological polar surface area (TPSA) is 79.3 Å². The van der Waals surface area contributed by atoms with Crippen LogP contribution in [-0.4, -0.2) is 22.0 Å². The molecule has 1 aromatic rings. The Hall–Kier alpha value is -1.91. The largest absolute Gasteiger partial charge is 0.480 e. The lowest BCUT2D eigenvalue weighted by molar-refractivity contribution is -0.162. The van der Waals surface area contributed by atoms with Gasteiger partial charge in [0.25, 0.3) is 0 Å². The molecule has 1 aliphatic carbocycles. The predicted octanol–water partition coefficient (Wildman–Crippen LogP) is 1.51. The van der Waals surface area contributed by atoms with Gasteiger partial charge in [0.2, 0.25) is 5.91 Å². The number of pyridine rings is 1. The third-order valence-corrected chi connectivity index (χ3v) is 3.53. The first kappa shape index (κ1) is 12.5. The van der Waals surface area contributed by atoms with Gasteiger partial charge in [0.1, 0.15) is 5.41 Å². The highest BCUT2D eigenvalue weighted by Crippen LogP contribution is 2.41. The maximum absolute atomic E-state index is 12.1. The summed E-state index contributed by atoms with van der Waals surface area (Å²) in [5, 5.41) is 11.9. The number of rotatable bonds is 4. The summed E-state index contributed by atoms with van der Waals surface area (Å²) in [6, 6.07) is 5.15. The van der Waals surface area contributed by atoms with E-state index in [0.29, 0.717) is 12.8 Å². The zero-order chi connectivity index (χ0) is 13.2. The Balaban J connectivity index is 2.06. The molecule has 18 heavy (non-hydrogen) atoms. The van der Waals surface area contributed by atoms with Crippen molar-refractivity contribution in [3.63, 3.8) is 0 Å². The molecule has 5 nitrogen and oxygen atoms in total. The molecule has 1 saturated carbocycles. The lowest BCUT2D eigenvalue weighted by atomic mass is 9.68. The van der Waals surface area contributed by atoms with Crippen LogP contribution in [0.5, 0.6) is 0 Å². The third-order valence-electron chi connectivity index (χ3n) is 3.53. The Labute approximate surface area is 105 Å². The van der Waals surface area contributed by atoms with Crippen LogP contribution in [0.2, 0.25) is 0 Å². The molecule has 1 unspecified atom stereocenters. The number of nitrogens with one attached hydrogen (secondary N) is 1. The van der Waals surface area contributed by atoms with Crippen LogP contribution in [0.4, 0.5) is 0 Å². The summed E-state index contributed by atoms with van der Waals surface area (Å²) in [6.07, 6.45) is 3.28. The quantitative estimate of drug-likeness (QED) is 0.792. The van der Waals surface area contributed by atoms with Crippen LogP contribution in [0, 0.1) is 5.41 Å². The van der Waals surface area contributed by atoms with Crippen molar-refractivity contribution >= 4 is 11.9 Å². The molecule has 2 N–H and O–H groups in total. The molecule has 1 atom stereocenters. The van der Waals surface area contributed by atoms with Crippen LogP contribution in [0.25, 0.3) is 0 Å². The summed E-state index contributed by atoms with van der Waals surface area (Å²) >= 11 is 0. The molecule has 0 aliphatic heterocycles. The summed E-state index contributed by atoms with van der Waals surface area (Å²) in [4.78, 5) is 27.4. The molecule has 0 saturated heterocycles. The summed E-state index contributed by atoms with van der Waals surface area (Å²) in [6.45, 7) is 1.80. The van der Waals surface area contributed by atoms with Gasteiger partial charge in [-0.1, -0.05) is 12.5 Å². The minimum atomic E-state index is -1.22. The molecule has 1 aromatic heterocycles. The first-order valence-electron chi connectivity index (χ1n) is 6.01. The van der Waals surface area contributed by atoms with Crippen molar-refractivity contribution < 1.29 is 14.7 Å². The monoisotopic (exact) mass is 248 g/mol. The first-order valence-corrected chi connectivity index (χ1v) is 6.01. The number of aliphatic carboxylic acids is 1. The molecule has 1 heterocycles. The smallest absolute Gasteiger partial charge is 0.319 e. The second-order valence-corrected chi connectivity index (χ2v) is 4.69. The summed E-state index contributed by atoms with van der Waals surface area (Å²) in [7, 11) is 0. The average Bonchev–Trinajstić information content (AvgIpc) is 2.28. The lowest BCUT2D eigenvalue weighted by Gasteiger charge is -2.36. The molecular weight excluding hydrogens is 232 g/mol. The number of aromatic nitrogens is 1. The number of nitrogens with zero attached hydrogens (tertiary/aromatic N) is 1. The lowest BCUT2D eigenvalue weighted by Crippen LogP contribution is -2.51. The highest BCUT2D eigenvalue weighted by molar-refractivity contribution is 6.02. The van der Waals surface area contributed by atoms with E-state index >= 15 is 0 Å². The highest BCUT2D eigenvalue weighted by atomic mass is 16.4. The average molecular weight is 248 g/mol. The Morgan fingerprint density at radius 2 is 2.17 bits per heavy atom. The molecule has 1 amide bonds. The van der Waals surface area contributed by atoms with Gasteiger partial charge in [-0.3, -0.25) is 14.6 Å². The van der Waals surface area contributed by atoms with Gasteiger partial charge in [-0.05, 0) is 31.9 Å². The third kappa shape index (κ3) is 2.08. The van der Waals surface area contributed by atoms with Crippen molar-refractivity contribution in [2.75, 3.05) is 0 Å². The number of hydrogen-bond acceptors (Lipinski definition) is 3. The van der Waals surface area contributed by atoms with Gasteiger partial charge >= 0.3 is 5.97 Å². The van der Waals surface area contributed by atoms with E-state index < -0.39 is 17.3 Å². The fourth-order valence-electron chi connectivity index (χ4n) is 2.11. The van der Waals surface area contributed by atoms with Gasteiger partial charge in [-0.25, -0.2) is 0 Å². The maximum Gasteiger partial charge on any atom is 0.319 e. The van der Waals surface area contributed by atoms with Crippen LogP contribution in [0.3, 0.4) is 0 Å². The van der Waals surface area contributed by atoms with Gasteiger partial charge in [-0.15, -0.1) is 0 Å². The summed E-state index contributed by atoms with van der Waals surface area (Å²) < 4.78 is 0. The SMILES string of the molecule is CC(NC(=O)C1(C(=O)O)CCC1)c1ccccn1. The molecule has 0 bridgehead atoms. The van der Waals surface area contributed by atoms with Gasteiger partial charge in [0, 0.05) is 6.20 Å². The number of carboxylic acid groups (broad SMARTS) is 1. The zero-order valence-corrected chi connectivity index (χ0v) is 10.2. The Bertz CT molecular complexity index is 455. The minimum absolute atomic E-state index is 0.282. The number of hydrogen-bond donors (Lipinski definition) is 2. The van der Waals surface area contributed by atoms with E-state index in [9.17, 15) is 9.59 Å². The molecule has 1 fully saturated rings. The molecule has 1 aliphatic rings. The normalized spacial score (nSPS) is 18.5. The van der Waals surface area contributed by atoms with Crippen LogP contribution in [-0.2, 0) is 9.59 Å². The van der Waals surface area contributed by atoms with Gasteiger partial charge in [-0.2, -0.15) is 0 Å². The van der Waals surface area contributed by atoms with E-state index in [1.54, 1.807) is 25.3 Å². The number of amides is 1. The first-order chi connectivity index (χ1) is 8.56. The number of carbonyl (C=O) groups is 2. The standard InChI is InChI=1S/C13H16N2O3/c1-9(10-5-2-3-8-14-10)15-11(16)13(12(17)18)6-4-7-13/h2-3,5,8-9H,4,6-7H2,1H3,(H,15,16)(H,17,18).